The van der Waals surface area contributed by atoms with E-state index in [4.69, 9.17) is 18.9 Å². The molecule has 350 valence electrons. The molecule has 6 aromatic carbocycles. The molecule has 2 aliphatic rings. The Labute approximate surface area is 402 Å². The van der Waals surface area contributed by atoms with E-state index in [1.54, 1.807) is 78.9 Å². The number of phenols is 4. The summed E-state index contributed by atoms with van der Waals surface area (Å²) in [5.41, 5.74) is 4.43. The van der Waals surface area contributed by atoms with Crippen molar-refractivity contribution in [2.24, 2.45) is 0 Å². The molecule has 10 rings (SSSR count). The van der Waals surface area contributed by atoms with Crippen LogP contribution in [0.25, 0.3) is 41.1 Å². The molecule has 2 saturated heterocycles. The molecule has 1 atom stereocenters. The van der Waals surface area contributed by atoms with Crippen molar-refractivity contribution in [3.05, 3.63) is 156 Å². The molecular formula is C54H52N2O10S2. The van der Waals surface area contributed by atoms with Gasteiger partial charge in [-0.05, 0) is 143 Å². The van der Waals surface area contributed by atoms with Crippen molar-refractivity contribution >= 4 is 48.6 Å². The van der Waals surface area contributed by atoms with Crippen molar-refractivity contribution in [1.29, 1.82) is 0 Å². The minimum absolute atomic E-state index is 0.0973. The number of ketones is 1. The van der Waals surface area contributed by atoms with Crippen LogP contribution in [-0.4, -0.2) is 120 Å². The molecule has 5 N–H and O–H groups in total. The molecule has 68 heavy (non-hydrogen) atoms. The second-order valence-corrected chi connectivity index (χ2v) is 18.6. The second kappa shape index (κ2) is 21.6. The summed E-state index contributed by atoms with van der Waals surface area (Å²) < 4.78 is 24.2. The smallest absolute Gasteiger partial charge is 0.195 e. The van der Waals surface area contributed by atoms with E-state index in [-0.39, 0.29) is 28.8 Å². The maximum absolute atomic E-state index is 13.6. The van der Waals surface area contributed by atoms with Crippen LogP contribution in [0.4, 0.5) is 0 Å². The number of thiophene rings is 2. The van der Waals surface area contributed by atoms with E-state index >= 15 is 0 Å². The number of aliphatic hydroxyl groups is 1. The molecule has 2 aromatic heterocycles. The molecule has 12 nitrogen and oxygen atoms in total. The van der Waals surface area contributed by atoms with Crippen LogP contribution in [0.2, 0.25) is 0 Å². The van der Waals surface area contributed by atoms with Crippen LogP contribution < -0.4 is 9.47 Å². The molecule has 2 aliphatic heterocycles. The zero-order valence-electron chi connectivity index (χ0n) is 37.3. The summed E-state index contributed by atoms with van der Waals surface area (Å²) in [4.78, 5) is 20.0. The zero-order chi connectivity index (χ0) is 47.0. The normalized spacial score (nSPS) is 14.9. The maximum atomic E-state index is 13.6. The molecule has 0 bridgehead atoms. The summed E-state index contributed by atoms with van der Waals surface area (Å²) >= 11 is 2.95. The van der Waals surface area contributed by atoms with Crippen molar-refractivity contribution in [2.45, 2.75) is 6.10 Å². The van der Waals surface area contributed by atoms with Crippen LogP contribution in [0.5, 0.6) is 34.5 Å². The minimum atomic E-state index is -0.857. The molecule has 0 saturated carbocycles. The summed E-state index contributed by atoms with van der Waals surface area (Å²) in [6, 6.07) is 38.8. The Morgan fingerprint density at radius 3 is 1.51 bits per heavy atom. The SMILES string of the molecule is O=C(c1ccc(OCCN2CCOCC2)cc1)c1c(-c2ccc(O)cc2)sc2cc(O)ccc12.Oc1ccc(-c2sc3cc(O)ccc3c2C(O)c2ccc(OCCN3CCOCC3)cc2)cc1. The maximum Gasteiger partial charge on any atom is 0.195 e. The van der Waals surface area contributed by atoms with E-state index in [2.05, 4.69) is 9.80 Å². The van der Waals surface area contributed by atoms with Crippen molar-refractivity contribution in [2.75, 3.05) is 78.9 Å². The number of hydrogen-bond acceptors (Lipinski definition) is 14. The lowest BCUT2D eigenvalue weighted by atomic mass is 9.96. The number of aromatic hydroxyl groups is 4. The molecule has 1 unspecified atom stereocenters. The molecule has 2 fully saturated rings. The number of carbonyl (C=O) groups excluding carboxylic acids is 1. The number of fused-ring (bicyclic) bond motifs is 2. The van der Waals surface area contributed by atoms with Gasteiger partial charge in [-0.25, -0.2) is 0 Å². The Morgan fingerprint density at radius 2 is 0.985 bits per heavy atom. The van der Waals surface area contributed by atoms with Gasteiger partial charge in [-0.3, -0.25) is 14.6 Å². The first-order chi connectivity index (χ1) is 33.2. The van der Waals surface area contributed by atoms with E-state index in [1.165, 1.54) is 22.7 Å². The first kappa shape index (κ1) is 46.6. The van der Waals surface area contributed by atoms with Gasteiger partial charge < -0.3 is 44.5 Å². The van der Waals surface area contributed by atoms with Crippen molar-refractivity contribution in [3.63, 3.8) is 0 Å². The third-order valence-corrected chi connectivity index (χ3v) is 14.4. The van der Waals surface area contributed by atoms with Gasteiger partial charge in [-0.1, -0.05) is 12.1 Å². The Hall–Kier alpha value is -6.49. The molecule has 14 heteroatoms. The molecule has 0 amide bonds. The van der Waals surface area contributed by atoms with Crippen LogP contribution in [0.15, 0.2) is 133 Å². The van der Waals surface area contributed by atoms with Gasteiger partial charge in [0.05, 0.1) is 26.4 Å². The van der Waals surface area contributed by atoms with E-state index in [0.717, 1.165) is 129 Å². The number of rotatable bonds is 14. The Bertz CT molecular complexity index is 2940. The Kier molecular flexibility index (Phi) is 14.8. The average Bonchev–Trinajstić information content (AvgIpc) is 3.93. The highest BCUT2D eigenvalue weighted by molar-refractivity contribution is 7.23. The molecule has 4 heterocycles. The van der Waals surface area contributed by atoms with Crippen LogP contribution >= 0.6 is 22.7 Å². The number of aliphatic hydroxyl groups excluding tert-OH is 1. The quantitative estimate of drug-likeness (QED) is 0.0658. The first-order valence-corrected chi connectivity index (χ1v) is 24.2. The highest BCUT2D eigenvalue weighted by atomic mass is 32.1. The largest absolute Gasteiger partial charge is 0.508 e. The predicted octanol–water partition coefficient (Wildman–Crippen LogP) is 9.69. The number of ether oxygens (including phenoxy) is 4. The van der Waals surface area contributed by atoms with Crippen molar-refractivity contribution in [3.8, 4) is 55.4 Å². The predicted molar refractivity (Wildman–Crippen MR) is 267 cm³/mol. The lowest BCUT2D eigenvalue weighted by Crippen LogP contribution is -2.38. The number of nitrogens with zero attached hydrogens (tertiary/aromatic N) is 2. The van der Waals surface area contributed by atoms with Crippen LogP contribution in [0, 0.1) is 0 Å². The summed E-state index contributed by atoms with van der Waals surface area (Å²) in [5.74, 6) is 2.09. The third-order valence-electron chi connectivity index (χ3n) is 12.0. The number of carbonyl (C=O) groups is 1. The van der Waals surface area contributed by atoms with Gasteiger partial charge in [0.25, 0.3) is 0 Å². The van der Waals surface area contributed by atoms with Gasteiger partial charge in [0.2, 0.25) is 0 Å². The van der Waals surface area contributed by atoms with Gasteiger partial charge in [0.15, 0.2) is 5.78 Å². The van der Waals surface area contributed by atoms with E-state index in [1.807, 2.05) is 54.6 Å². The van der Waals surface area contributed by atoms with Crippen LogP contribution in [0.1, 0.15) is 33.2 Å². The minimum Gasteiger partial charge on any atom is -0.508 e. The Morgan fingerprint density at radius 1 is 0.544 bits per heavy atom. The lowest BCUT2D eigenvalue weighted by Gasteiger charge is -2.26. The van der Waals surface area contributed by atoms with Crippen LogP contribution in [-0.2, 0) is 9.47 Å². The molecular weight excluding hydrogens is 901 g/mol. The zero-order valence-corrected chi connectivity index (χ0v) is 38.9. The van der Waals surface area contributed by atoms with E-state index < -0.39 is 6.10 Å². The number of phenolic OH excluding ortho intramolecular Hbond substituents is 4. The van der Waals surface area contributed by atoms with Gasteiger partial charge in [0, 0.05) is 80.5 Å². The highest BCUT2D eigenvalue weighted by Gasteiger charge is 2.24. The fraction of sp³-hybridized carbons (Fsp3) is 0.241. The topological polar surface area (TPSA) is 162 Å². The van der Waals surface area contributed by atoms with Gasteiger partial charge >= 0.3 is 0 Å². The number of morpholine rings is 2. The summed E-state index contributed by atoms with van der Waals surface area (Å²) in [6.45, 7) is 9.67. The lowest BCUT2D eigenvalue weighted by molar-refractivity contribution is 0.0321. The molecule has 0 spiro atoms. The van der Waals surface area contributed by atoms with E-state index in [9.17, 15) is 30.3 Å². The van der Waals surface area contributed by atoms with Gasteiger partial charge in [0.1, 0.15) is 53.8 Å². The fourth-order valence-electron chi connectivity index (χ4n) is 8.33. The molecule has 8 aromatic rings. The highest BCUT2D eigenvalue weighted by Crippen LogP contribution is 2.45. The van der Waals surface area contributed by atoms with Crippen LogP contribution in [0.3, 0.4) is 0 Å². The van der Waals surface area contributed by atoms with Crippen molar-refractivity contribution < 1.29 is 49.3 Å². The summed E-state index contributed by atoms with van der Waals surface area (Å²) in [5, 5.41) is 52.4. The third kappa shape index (κ3) is 11.1. The Balaban J connectivity index is 0.000000170. The first-order valence-electron chi connectivity index (χ1n) is 22.5. The summed E-state index contributed by atoms with van der Waals surface area (Å²) in [6.07, 6.45) is -0.857. The summed E-state index contributed by atoms with van der Waals surface area (Å²) in [7, 11) is 0. The molecule has 0 radical (unpaired) electrons. The second-order valence-electron chi connectivity index (χ2n) is 16.5. The average molecular weight is 953 g/mol. The standard InChI is InChI=1S/C27H27NO5S.C27H25NO5S/c2*29-20-5-1-19(2-6-20)27-25(23-10-7-21(30)17-24(23)34-27)26(31)18-3-8-22(9-4-18)33-16-13-28-11-14-32-15-12-28/h1-10,17,26,29-31H,11-16H2;1-10,17,29-30H,11-16H2. The monoisotopic (exact) mass is 952 g/mol. The van der Waals surface area contributed by atoms with Crippen molar-refractivity contribution in [1.82, 2.24) is 9.80 Å². The van der Waals surface area contributed by atoms with E-state index in [0.29, 0.717) is 24.3 Å². The number of benzene rings is 6. The molecule has 0 aliphatic carbocycles. The van der Waals surface area contributed by atoms with Gasteiger partial charge in [-0.2, -0.15) is 0 Å². The number of hydrogen-bond donors (Lipinski definition) is 5. The van der Waals surface area contributed by atoms with Gasteiger partial charge in [-0.15, -0.1) is 22.7 Å². The fourth-order valence-corrected chi connectivity index (χ4v) is 10.8.